The van der Waals surface area contributed by atoms with Gasteiger partial charge in [0.25, 0.3) is 0 Å². The van der Waals surface area contributed by atoms with E-state index in [4.69, 9.17) is 0 Å². The second kappa shape index (κ2) is 14.8. The summed E-state index contributed by atoms with van der Waals surface area (Å²) in [5, 5.41) is 0. The van der Waals surface area contributed by atoms with Crippen LogP contribution in [0.5, 0.6) is 0 Å². The van der Waals surface area contributed by atoms with Gasteiger partial charge in [-0.05, 0) is 140 Å². The van der Waals surface area contributed by atoms with Crippen molar-refractivity contribution >= 4 is 0 Å². The Balaban J connectivity index is 0.000000466. The zero-order chi connectivity index (χ0) is 18.8. The molecule has 0 bridgehead atoms. The van der Waals surface area contributed by atoms with Crippen LogP contribution in [-0.4, -0.2) is 0 Å². The Bertz CT molecular complexity index is 318. The Kier molecular flexibility index (Phi) is 14.2. The van der Waals surface area contributed by atoms with Gasteiger partial charge in [-0.15, -0.1) is 0 Å². The van der Waals surface area contributed by atoms with Crippen LogP contribution in [-0.2, 0) is 26.2 Å². The van der Waals surface area contributed by atoms with Crippen molar-refractivity contribution in [1.29, 1.82) is 0 Å². The molecule has 0 aromatic rings. The summed E-state index contributed by atoms with van der Waals surface area (Å²) in [7, 11) is 0. The van der Waals surface area contributed by atoms with Gasteiger partial charge in [-0.2, -0.15) is 0 Å². The number of hydrogen-bond acceptors (Lipinski definition) is 0. The van der Waals surface area contributed by atoms with E-state index >= 15 is 0 Å². The molecular formula is C26H34Zr+4. The second-order valence-corrected chi connectivity index (χ2v) is 7.22. The summed E-state index contributed by atoms with van der Waals surface area (Å²) >= 11 is 0. The molecule has 0 unspecified atom stereocenters. The van der Waals surface area contributed by atoms with E-state index in [0.29, 0.717) is 0 Å². The van der Waals surface area contributed by atoms with Gasteiger partial charge in [0.05, 0.1) is 0 Å². The molecule has 4 rings (SSSR count). The standard InChI is InChI=1S/C20H24.2C3H5.Zr/c1-3-7-19-15(5-1)9-11-17(19)13-14-18-12-10-16-6-2-4-8-20(16)18;2*1-3-2;/h9-12H,1-8,13-14H2;2*3H,1-2H2;/q;;;+4. The molecule has 4 aliphatic carbocycles. The van der Waals surface area contributed by atoms with Crippen molar-refractivity contribution < 1.29 is 26.2 Å². The molecule has 0 aromatic heterocycles. The zero-order valence-corrected chi connectivity index (χ0v) is 19.3. The van der Waals surface area contributed by atoms with Crippen molar-refractivity contribution in [3.05, 3.63) is 102 Å². The smallest absolute Gasteiger partial charge is 0.0527 e. The van der Waals surface area contributed by atoms with Crippen LogP contribution in [0, 0.1) is 102 Å². The molecule has 0 nitrogen and oxygen atoms in total. The maximum atomic E-state index is 3.25. The van der Waals surface area contributed by atoms with Crippen molar-refractivity contribution in [1.82, 2.24) is 0 Å². The van der Waals surface area contributed by atoms with Gasteiger partial charge in [-0.3, -0.25) is 0 Å². The van der Waals surface area contributed by atoms with Crippen LogP contribution < -0.4 is 0 Å². The Morgan fingerprint density at radius 3 is 1.30 bits per heavy atom. The summed E-state index contributed by atoms with van der Waals surface area (Å²) in [5.41, 5.74) is 0. The van der Waals surface area contributed by atoms with Crippen LogP contribution in [0.1, 0.15) is 64.2 Å². The fraction of sp³-hybridized carbons (Fsp3) is 0.385. The van der Waals surface area contributed by atoms with E-state index in [-0.39, 0.29) is 26.2 Å². The van der Waals surface area contributed by atoms with Gasteiger partial charge >= 0.3 is 26.2 Å². The Labute approximate surface area is 191 Å². The summed E-state index contributed by atoms with van der Waals surface area (Å²) in [6.45, 7) is 13.0. The summed E-state index contributed by atoms with van der Waals surface area (Å²) in [6, 6.07) is 0. The third-order valence-corrected chi connectivity index (χ3v) is 5.43. The van der Waals surface area contributed by atoms with Crippen LogP contribution in [0.3, 0.4) is 0 Å². The molecule has 27 heavy (non-hydrogen) atoms. The molecule has 0 spiro atoms. The maximum absolute atomic E-state index is 3.25. The van der Waals surface area contributed by atoms with E-state index < -0.39 is 0 Å². The normalized spacial score (nSPS) is 24.9. The first-order valence-electron chi connectivity index (χ1n) is 10.1. The topological polar surface area (TPSA) is 0 Å². The summed E-state index contributed by atoms with van der Waals surface area (Å²) in [6.07, 6.45) is 26.0. The second-order valence-electron chi connectivity index (χ2n) is 7.22. The van der Waals surface area contributed by atoms with Crippen LogP contribution in [0.4, 0.5) is 0 Å². The Morgan fingerprint density at radius 2 is 0.926 bits per heavy atom. The minimum atomic E-state index is 0. The van der Waals surface area contributed by atoms with Crippen LogP contribution in [0.25, 0.3) is 0 Å². The molecule has 0 amide bonds. The SMILES string of the molecule is [CH2][CH][CH2].[CH2][CH][CH2].[CH]1[CH][C](CC[C]2[CH][CH][C]3CCCC[C]32)[C]2CCCC[C]12.[Zr+4]. The predicted molar refractivity (Wildman–Crippen MR) is 113 cm³/mol. The minimum Gasteiger partial charge on any atom is -0.0527 e. The minimum absolute atomic E-state index is 0. The predicted octanol–water partition coefficient (Wildman–Crippen LogP) is 6.92. The van der Waals surface area contributed by atoms with E-state index in [1.165, 1.54) is 77.0 Å². The fourth-order valence-corrected chi connectivity index (χ4v) is 4.30. The number of hydrogen-bond donors (Lipinski definition) is 0. The van der Waals surface area contributed by atoms with Gasteiger partial charge in [-0.1, -0.05) is 25.7 Å². The monoisotopic (exact) mass is 436 g/mol. The summed E-state index contributed by atoms with van der Waals surface area (Å²) in [4.78, 5) is 0. The molecule has 0 atom stereocenters. The molecule has 0 aromatic carbocycles. The van der Waals surface area contributed by atoms with Gasteiger partial charge in [0.2, 0.25) is 0 Å². The summed E-state index contributed by atoms with van der Waals surface area (Å²) < 4.78 is 0. The van der Waals surface area contributed by atoms with E-state index in [9.17, 15) is 0 Å². The van der Waals surface area contributed by atoms with Crippen LogP contribution in [0.15, 0.2) is 0 Å². The van der Waals surface area contributed by atoms with E-state index in [1.807, 2.05) is 0 Å². The van der Waals surface area contributed by atoms with E-state index in [0.717, 1.165) is 0 Å². The van der Waals surface area contributed by atoms with Crippen molar-refractivity contribution in [2.24, 2.45) is 0 Å². The first-order valence-corrected chi connectivity index (χ1v) is 10.1. The maximum Gasteiger partial charge on any atom is 4.00 e. The van der Waals surface area contributed by atoms with Crippen molar-refractivity contribution in [2.75, 3.05) is 0 Å². The molecule has 0 N–H and O–H groups in total. The molecule has 4 saturated carbocycles. The molecule has 138 valence electrons. The fourth-order valence-electron chi connectivity index (χ4n) is 4.30. The molecule has 0 aliphatic heterocycles. The number of rotatable bonds is 3. The average Bonchev–Trinajstić information content (AvgIpc) is 3.25. The van der Waals surface area contributed by atoms with Gasteiger partial charge in [-0.25, -0.2) is 0 Å². The molecule has 1 heteroatoms. The molecule has 4 fully saturated rings. The van der Waals surface area contributed by atoms with E-state index in [1.54, 1.807) is 35.5 Å². The summed E-state index contributed by atoms with van der Waals surface area (Å²) in [5.74, 6) is 10.00. The van der Waals surface area contributed by atoms with Gasteiger partial charge in [0, 0.05) is 0 Å². The largest absolute Gasteiger partial charge is 4.00 e. The van der Waals surface area contributed by atoms with Gasteiger partial charge < -0.3 is 0 Å². The molecule has 4 aliphatic rings. The third-order valence-electron chi connectivity index (χ3n) is 5.43. The Hall–Kier alpha value is 0.883. The van der Waals surface area contributed by atoms with Crippen LogP contribution in [0.2, 0.25) is 0 Å². The van der Waals surface area contributed by atoms with Gasteiger partial charge in [0.1, 0.15) is 0 Å². The van der Waals surface area contributed by atoms with Crippen molar-refractivity contribution in [3.8, 4) is 0 Å². The van der Waals surface area contributed by atoms with Gasteiger partial charge in [0.15, 0.2) is 0 Å². The molecule has 0 heterocycles. The molecule has 0 saturated heterocycles. The quantitative estimate of drug-likeness (QED) is 0.449. The van der Waals surface area contributed by atoms with Crippen LogP contribution >= 0.6 is 0 Å². The molecular weight excluding hydrogens is 404 g/mol. The molecule has 16 radical (unpaired) electrons. The first kappa shape index (κ1) is 25.9. The van der Waals surface area contributed by atoms with Crippen molar-refractivity contribution in [3.63, 3.8) is 0 Å². The third kappa shape index (κ3) is 7.91. The average molecular weight is 438 g/mol. The van der Waals surface area contributed by atoms with Crippen molar-refractivity contribution in [2.45, 2.75) is 64.2 Å². The first-order chi connectivity index (χ1) is 12.7. The zero-order valence-electron chi connectivity index (χ0n) is 16.9. The Morgan fingerprint density at radius 1 is 0.593 bits per heavy atom. The number of fused-ring (bicyclic) bond motifs is 2. The van der Waals surface area contributed by atoms with E-state index in [2.05, 4.69) is 53.4 Å².